The SMILES string of the molecule is CCCCCCCCCCCCN1C(=O)c2ccc3c4c(-c5ccc(C(=O)Nc6ccccc6-c6cn(CCCCCC)nn6)cc5)cc5c6c(ccc(c7c(-c8ccc(C(=O)Nc9ccccc9-c9cn(CCCCCC)nn9)cc8)cc(c2c37)C1=O)c64)C(=O)N(CCCCCCCCCCCC)C5=O. The Morgan fingerprint density at radius 1 is 0.311 bits per heavy atom. The Bertz CT molecular complexity index is 4640. The van der Waals surface area contributed by atoms with Crippen LogP contribution in [-0.2, 0) is 13.1 Å². The predicted molar refractivity (Wildman–Crippen MR) is 428 cm³/mol. The number of nitrogens with one attached hydrogen (secondary N) is 2. The summed E-state index contributed by atoms with van der Waals surface area (Å²) in [6.07, 6.45) is 34.9. The molecule has 0 atom stereocenters. The summed E-state index contributed by atoms with van der Waals surface area (Å²) in [6, 6.07) is 41.4. The Morgan fingerprint density at radius 2 is 0.632 bits per heavy atom. The monoisotopic (exact) mass is 1420 g/mol. The summed E-state index contributed by atoms with van der Waals surface area (Å²) in [5.74, 6) is -2.10. The van der Waals surface area contributed by atoms with E-state index in [1.807, 2.05) is 131 Å². The van der Waals surface area contributed by atoms with Gasteiger partial charge in [0.1, 0.15) is 11.4 Å². The van der Waals surface area contributed by atoms with Gasteiger partial charge in [0.05, 0.1) is 23.8 Å². The van der Waals surface area contributed by atoms with Crippen LogP contribution in [0.1, 0.15) is 270 Å². The van der Waals surface area contributed by atoms with Crippen molar-refractivity contribution in [3.8, 4) is 44.8 Å². The number of carbonyl (C=O) groups is 6. The molecule has 0 saturated carbocycles. The molecule has 11 aromatic rings. The fraction of sp³-hybridized carbons (Fsp3) is 0.400. The summed E-state index contributed by atoms with van der Waals surface area (Å²) in [5.41, 5.74) is 9.19. The van der Waals surface area contributed by atoms with Crippen LogP contribution < -0.4 is 10.6 Å². The highest BCUT2D eigenvalue weighted by atomic mass is 16.2. The molecule has 0 bridgehead atoms. The topological polar surface area (TPSA) is 194 Å². The number of aryl methyl sites for hydroxylation is 2. The maximum atomic E-state index is 15.6. The van der Waals surface area contributed by atoms with E-state index in [0.29, 0.717) is 113 Å². The Labute approximate surface area is 623 Å². The highest BCUT2D eigenvalue weighted by Crippen LogP contribution is 2.52. The number of imide groups is 2. The molecule has 9 aromatic carbocycles. The number of benzene rings is 9. The van der Waals surface area contributed by atoms with E-state index in [2.05, 4.69) is 59.0 Å². The smallest absolute Gasteiger partial charge is 0.261 e. The van der Waals surface area contributed by atoms with Gasteiger partial charge in [-0.3, -0.25) is 47.9 Å². The number of fused-ring (bicyclic) bond motifs is 2. The molecule has 0 aliphatic carbocycles. The molecule has 2 aliphatic rings. The van der Waals surface area contributed by atoms with E-state index in [1.54, 1.807) is 24.3 Å². The summed E-state index contributed by atoms with van der Waals surface area (Å²) in [7, 11) is 0. The number of aromatic nitrogens is 6. The average molecular weight is 1420 g/mol. The van der Waals surface area contributed by atoms with Crippen LogP contribution in [0.25, 0.3) is 87.9 Å². The lowest BCUT2D eigenvalue weighted by Gasteiger charge is -2.32. The van der Waals surface area contributed by atoms with E-state index in [0.717, 1.165) is 136 Å². The Balaban J connectivity index is 0.900. The number of nitrogens with zero attached hydrogens (tertiary/aromatic N) is 8. The molecule has 6 amide bonds. The fourth-order valence-corrected chi connectivity index (χ4v) is 16.0. The van der Waals surface area contributed by atoms with Gasteiger partial charge >= 0.3 is 0 Å². The van der Waals surface area contributed by atoms with Crippen molar-refractivity contribution in [1.29, 1.82) is 0 Å². The highest BCUT2D eigenvalue weighted by Gasteiger charge is 2.39. The number of unbranched alkanes of at least 4 members (excludes halogenated alkanes) is 24. The van der Waals surface area contributed by atoms with Gasteiger partial charge in [0, 0.05) is 81.5 Å². The lowest BCUT2D eigenvalue weighted by atomic mass is 9.77. The van der Waals surface area contributed by atoms with Crippen molar-refractivity contribution >= 4 is 89.9 Å². The Morgan fingerprint density at radius 3 is 1.00 bits per heavy atom. The number of carbonyl (C=O) groups excluding carboxylic acids is 6. The van der Waals surface area contributed by atoms with Gasteiger partial charge in [-0.15, -0.1) is 10.2 Å². The van der Waals surface area contributed by atoms with Crippen molar-refractivity contribution in [3.63, 3.8) is 0 Å². The van der Waals surface area contributed by atoms with Crippen LogP contribution in [0.4, 0.5) is 11.4 Å². The summed E-state index contributed by atoms with van der Waals surface area (Å²) < 4.78 is 3.71. The zero-order chi connectivity index (χ0) is 73.5. The quantitative estimate of drug-likeness (QED) is 0.0161. The van der Waals surface area contributed by atoms with E-state index in [1.165, 1.54) is 86.8 Å². The zero-order valence-electron chi connectivity index (χ0n) is 62.5. The highest BCUT2D eigenvalue weighted by molar-refractivity contribution is 6.44. The van der Waals surface area contributed by atoms with E-state index in [9.17, 15) is 9.59 Å². The number of rotatable bonds is 40. The van der Waals surface area contributed by atoms with Crippen LogP contribution in [0.15, 0.2) is 146 Å². The lowest BCUT2D eigenvalue weighted by molar-refractivity contribution is 0.0592. The van der Waals surface area contributed by atoms with E-state index < -0.39 is 0 Å². The van der Waals surface area contributed by atoms with Crippen LogP contribution in [0.3, 0.4) is 0 Å². The van der Waals surface area contributed by atoms with E-state index >= 15 is 19.2 Å². The number of amides is 6. The molecular formula is C90H102N10O6. The maximum Gasteiger partial charge on any atom is 0.261 e. The molecule has 0 unspecified atom stereocenters. The minimum Gasteiger partial charge on any atom is -0.321 e. The first-order valence-corrected chi connectivity index (χ1v) is 39.8. The standard InChI is InChI=1S/C90H102N10O6/c1-5-9-13-17-19-21-23-25-27-35-55-99-87(103)69-51-49-67-80-72(62-43-47-64(48-44-62)86(102)92-76-40-32-30-38-66(76)78-60-98(96-94-78)54-34-16-12-8-4)58-74-82-70(88(104)100(90(74)106)56-36-28-26-24-22-20-18-14-10-6-2)52-50-68(84(80)82)79-71(57-73(89(99)105)81(69)83(67)79)61-41-45-63(46-42-61)85(101)91-75-39-31-29-37-65(75)77-59-97(95-93-77)53-33-15-11-7-3/h29-32,37-52,57-60H,5-28,33-36,53-56H2,1-4H3,(H,91,101)(H,92,102). The normalized spacial score (nSPS) is 12.9. The minimum atomic E-state index is -0.375. The van der Waals surface area contributed by atoms with Crippen LogP contribution >= 0.6 is 0 Å². The minimum absolute atomic E-state index is 0.275. The Hall–Kier alpha value is -10.2. The third-order valence-corrected chi connectivity index (χ3v) is 21.9. The van der Waals surface area contributed by atoms with Crippen LogP contribution in [0.2, 0.25) is 0 Å². The number of hydrogen-bond donors (Lipinski definition) is 2. The third kappa shape index (κ3) is 16.1. The predicted octanol–water partition coefficient (Wildman–Crippen LogP) is 22.3. The third-order valence-electron chi connectivity index (χ3n) is 21.9. The largest absolute Gasteiger partial charge is 0.321 e. The van der Waals surface area contributed by atoms with Gasteiger partial charge in [0.25, 0.3) is 35.4 Å². The lowest BCUT2D eigenvalue weighted by Crippen LogP contribution is -2.41. The Kier molecular flexibility index (Phi) is 24.6. The molecule has 16 heteroatoms. The molecule has 2 aromatic heterocycles. The van der Waals surface area contributed by atoms with Gasteiger partial charge in [-0.2, -0.15) is 0 Å². The molecule has 0 radical (unpaired) electrons. The molecule has 106 heavy (non-hydrogen) atoms. The van der Waals surface area contributed by atoms with Crippen molar-refractivity contribution in [2.24, 2.45) is 0 Å². The molecule has 2 N–H and O–H groups in total. The van der Waals surface area contributed by atoms with Crippen LogP contribution in [0.5, 0.6) is 0 Å². The molecule has 16 nitrogen and oxygen atoms in total. The van der Waals surface area contributed by atoms with Gasteiger partial charge in [-0.1, -0.05) is 265 Å². The van der Waals surface area contributed by atoms with Gasteiger partial charge < -0.3 is 10.6 Å². The summed E-state index contributed by atoms with van der Waals surface area (Å²) in [5, 5.41) is 29.5. The molecule has 4 heterocycles. The van der Waals surface area contributed by atoms with Crippen molar-refractivity contribution < 1.29 is 28.8 Å². The molecule has 0 fully saturated rings. The van der Waals surface area contributed by atoms with E-state index in [4.69, 9.17) is 0 Å². The molecule has 0 spiro atoms. The van der Waals surface area contributed by atoms with Crippen molar-refractivity contribution in [2.75, 3.05) is 23.7 Å². The maximum absolute atomic E-state index is 15.6. The first-order chi connectivity index (χ1) is 52.0. The molecular weight excluding hydrogens is 1320 g/mol. The summed E-state index contributed by atoms with van der Waals surface area (Å²) in [6.45, 7) is 10.9. The first-order valence-electron chi connectivity index (χ1n) is 39.8. The van der Waals surface area contributed by atoms with Gasteiger partial charge in [0.2, 0.25) is 0 Å². The van der Waals surface area contributed by atoms with E-state index in [-0.39, 0.29) is 48.5 Å². The average Bonchev–Trinajstić information content (AvgIpc) is 0.714. The van der Waals surface area contributed by atoms with Crippen LogP contribution in [0, 0.1) is 0 Å². The van der Waals surface area contributed by atoms with Crippen LogP contribution in [-0.4, -0.2) is 88.3 Å². The van der Waals surface area contributed by atoms with Crippen molar-refractivity contribution in [3.05, 3.63) is 179 Å². The summed E-state index contributed by atoms with van der Waals surface area (Å²) in [4.78, 5) is 93.4. The second-order valence-corrected chi connectivity index (χ2v) is 29.4. The van der Waals surface area contributed by atoms with Crippen molar-refractivity contribution in [2.45, 2.75) is 221 Å². The second kappa shape index (κ2) is 35.2. The molecule has 548 valence electrons. The number of para-hydroxylation sites is 2. The van der Waals surface area contributed by atoms with Crippen molar-refractivity contribution in [1.82, 2.24) is 39.8 Å². The molecule has 13 rings (SSSR count). The summed E-state index contributed by atoms with van der Waals surface area (Å²) >= 11 is 0. The van der Waals surface area contributed by atoms with Gasteiger partial charge in [-0.05, 0) is 141 Å². The number of hydrogen-bond acceptors (Lipinski definition) is 10. The first kappa shape index (κ1) is 74.1. The second-order valence-electron chi connectivity index (χ2n) is 29.4. The number of anilines is 2. The van der Waals surface area contributed by atoms with Gasteiger partial charge in [0.15, 0.2) is 0 Å². The zero-order valence-corrected chi connectivity index (χ0v) is 62.5. The van der Waals surface area contributed by atoms with Gasteiger partial charge in [-0.25, -0.2) is 0 Å². The molecule has 0 saturated heterocycles. The molecule has 2 aliphatic heterocycles. The fourth-order valence-electron chi connectivity index (χ4n) is 16.0.